The lowest BCUT2D eigenvalue weighted by atomic mass is 9.84. The smallest absolute Gasteiger partial charge is 0.321 e. The molecule has 1 unspecified atom stereocenters. The molecule has 0 aliphatic carbocycles. The van der Waals surface area contributed by atoms with Crippen molar-refractivity contribution in [3.8, 4) is 0 Å². The first-order valence-electron chi connectivity index (χ1n) is 10.9. The molecule has 1 aromatic rings. The van der Waals surface area contributed by atoms with E-state index in [0.717, 1.165) is 35.4 Å². The van der Waals surface area contributed by atoms with Crippen LogP contribution in [0.2, 0.25) is 5.02 Å². The van der Waals surface area contributed by atoms with Gasteiger partial charge in [-0.3, -0.25) is 4.79 Å². The molecule has 0 bridgehead atoms. The van der Waals surface area contributed by atoms with Crippen LogP contribution in [0, 0.1) is 10.8 Å². The van der Waals surface area contributed by atoms with E-state index in [9.17, 15) is 9.59 Å². The minimum atomic E-state index is -0.878. The van der Waals surface area contributed by atoms with Crippen molar-refractivity contribution in [3.05, 3.63) is 47.1 Å². The highest BCUT2D eigenvalue weighted by Gasteiger charge is 2.24. The minimum absolute atomic E-state index is 0.00861. The molecule has 5 nitrogen and oxygen atoms in total. The molecule has 0 aliphatic rings. The van der Waals surface area contributed by atoms with Gasteiger partial charge in [0.15, 0.2) is 0 Å². The number of carboxylic acids is 1. The summed E-state index contributed by atoms with van der Waals surface area (Å²) in [6.07, 6.45) is 4.50. The summed E-state index contributed by atoms with van der Waals surface area (Å²) in [5.41, 5.74) is 2.29. The molecular weight excluding hydrogens is 412 g/mol. The van der Waals surface area contributed by atoms with E-state index < -0.39 is 5.97 Å². The number of nitrogens with one attached hydrogen (secondary N) is 1. The predicted molar refractivity (Wildman–Crippen MR) is 128 cm³/mol. The Morgan fingerprint density at radius 1 is 1.19 bits per heavy atom. The van der Waals surface area contributed by atoms with Crippen LogP contribution in [0.25, 0.3) is 0 Å². The first-order valence-corrected chi connectivity index (χ1v) is 11.3. The molecule has 2 N–H and O–H groups in total. The number of aryl methyl sites for hydroxylation is 1. The van der Waals surface area contributed by atoms with Gasteiger partial charge in [0.2, 0.25) is 0 Å². The number of amides is 2. The van der Waals surface area contributed by atoms with Crippen LogP contribution in [0.15, 0.2) is 31.0 Å². The Bertz CT molecular complexity index is 763. The highest BCUT2D eigenvalue weighted by atomic mass is 35.5. The highest BCUT2D eigenvalue weighted by Crippen LogP contribution is 2.33. The zero-order chi connectivity index (χ0) is 23.8. The van der Waals surface area contributed by atoms with Crippen LogP contribution in [0.1, 0.15) is 84.4 Å². The van der Waals surface area contributed by atoms with E-state index in [1.54, 1.807) is 0 Å². The van der Waals surface area contributed by atoms with Crippen LogP contribution < -0.4 is 5.32 Å². The van der Waals surface area contributed by atoms with Crippen molar-refractivity contribution >= 4 is 23.6 Å². The van der Waals surface area contributed by atoms with Gasteiger partial charge in [-0.15, -0.1) is 0 Å². The molecular formula is C25H39ClN2O3. The molecule has 1 aromatic carbocycles. The van der Waals surface area contributed by atoms with Crippen LogP contribution in [0.4, 0.5) is 4.79 Å². The van der Waals surface area contributed by atoms with Crippen molar-refractivity contribution in [1.82, 2.24) is 10.2 Å². The lowest BCUT2D eigenvalue weighted by molar-refractivity contribution is -0.137. The molecule has 0 fully saturated rings. The summed E-state index contributed by atoms with van der Waals surface area (Å²) in [6.45, 7) is 17.0. The van der Waals surface area contributed by atoms with Gasteiger partial charge in [0.25, 0.3) is 0 Å². The Labute approximate surface area is 192 Å². The van der Waals surface area contributed by atoms with Crippen LogP contribution in [0.3, 0.4) is 0 Å². The quantitative estimate of drug-likeness (QED) is 0.411. The van der Waals surface area contributed by atoms with E-state index in [4.69, 9.17) is 16.7 Å². The predicted octanol–water partition coefficient (Wildman–Crippen LogP) is 6.82. The number of hydrogen-bond donors (Lipinski definition) is 2. The van der Waals surface area contributed by atoms with E-state index in [-0.39, 0.29) is 29.3 Å². The number of carbonyl (C=O) groups is 2. The average Bonchev–Trinajstić information content (AvgIpc) is 2.61. The van der Waals surface area contributed by atoms with Crippen LogP contribution >= 0.6 is 11.6 Å². The molecule has 0 radical (unpaired) electrons. The zero-order valence-corrected chi connectivity index (χ0v) is 20.7. The van der Waals surface area contributed by atoms with Crippen molar-refractivity contribution in [1.29, 1.82) is 0 Å². The summed E-state index contributed by atoms with van der Waals surface area (Å²) in [5.74, 6) is -0.878. The fourth-order valence-electron chi connectivity index (χ4n) is 3.27. The maximum absolute atomic E-state index is 12.8. The summed E-state index contributed by atoms with van der Waals surface area (Å²) >= 11 is 6.60. The Morgan fingerprint density at radius 2 is 1.84 bits per heavy atom. The van der Waals surface area contributed by atoms with E-state index >= 15 is 0 Å². The summed E-state index contributed by atoms with van der Waals surface area (Å²) < 4.78 is 0. The van der Waals surface area contributed by atoms with Gasteiger partial charge in [0, 0.05) is 24.2 Å². The summed E-state index contributed by atoms with van der Waals surface area (Å²) in [6, 6.07) is 5.55. The fourth-order valence-corrected chi connectivity index (χ4v) is 3.55. The Balaban J connectivity index is 3.00. The van der Waals surface area contributed by atoms with Gasteiger partial charge in [0.05, 0.1) is 6.04 Å². The number of nitrogens with zero attached hydrogens (tertiary/aromatic N) is 1. The molecule has 0 heterocycles. The molecule has 1 rings (SSSR count). The van der Waals surface area contributed by atoms with Crippen LogP contribution in [0.5, 0.6) is 0 Å². The van der Waals surface area contributed by atoms with Gasteiger partial charge in [0.1, 0.15) is 0 Å². The number of rotatable bonds is 10. The van der Waals surface area contributed by atoms with Gasteiger partial charge in [-0.1, -0.05) is 71.9 Å². The van der Waals surface area contributed by atoms with Crippen molar-refractivity contribution in [2.45, 2.75) is 79.7 Å². The third-order valence-corrected chi connectivity index (χ3v) is 5.36. The maximum Gasteiger partial charge on any atom is 0.321 e. The third-order valence-electron chi connectivity index (χ3n) is 5.01. The first kappa shape index (κ1) is 27.0. The number of urea groups is 1. The Hall–Kier alpha value is -2.01. The normalized spacial score (nSPS) is 12.9. The maximum atomic E-state index is 12.8. The Morgan fingerprint density at radius 3 is 2.32 bits per heavy atom. The Kier molecular flexibility index (Phi) is 10.1. The number of carboxylic acid groups (broad SMARTS) is 1. The summed E-state index contributed by atoms with van der Waals surface area (Å²) in [4.78, 5) is 25.0. The molecule has 0 spiro atoms. The van der Waals surface area contributed by atoms with Gasteiger partial charge < -0.3 is 15.3 Å². The number of hydrogen-bond acceptors (Lipinski definition) is 2. The monoisotopic (exact) mass is 450 g/mol. The molecule has 6 heteroatoms. The number of benzene rings is 1. The lowest BCUT2D eigenvalue weighted by Gasteiger charge is -2.29. The van der Waals surface area contributed by atoms with E-state index in [1.165, 1.54) is 11.1 Å². The average molecular weight is 451 g/mol. The van der Waals surface area contributed by atoms with E-state index in [1.807, 2.05) is 12.1 Å². The molecule has 0 aliphatic heterocycles. The molecule has 1 atom stereocenters. The van der Waals surface area contributed by atoms with Crippen LogP contribution in [-0.4, -0.2) is 28.6 Å². The van der Waals surface area contributed by atoms with Crippen molar-refractivity contribution in [2.75, 3.05) is 6.54 Å². The second kappa shape index (κ2) is 11.6. The van der Waals surface area contributed by atoms with Gasteiger partial charge in [-0.25, -0.2) is 4.79 Å². The standard InChI is InChI=1S/C25H39ClN2O3/c1-8-28(15-9-10-22(29)30)23(31)27-21(17-25(5,6)7)19-12-11-18(20(26)16-19)13-14-24(2,3)4/h8,11-12,16,21H,1,9-10,13-15,17H2,2-7H3,(H,27,31)(H,29,30). The third kappa shape index (κ3) is 10.7. The topological polar surface area (TPSA) is 69.6 Å². The zero-order valence-electron chi connectivity index (χ0n) is 19.9. The molecule has 2 amide bonds. The number of halogens is 1. The molecule has 31 heavy (non-hydrogen) atoms. The van der Waals surface area contributed by atoms with E-state index in [0.29, 0.717) is 13.0 Å². The van der Waals surface area contributed by atoms with Crippen molar-refractivity contribution < 1.29 is 14.7 Å². The number of carbonyl (C=O) groups excluding carboxylic acids is 1. The highest BCUT2D eigenvalue weighted by molar-refractivity contribution is 6.31. The molecule has 174 valence electrons. The molecule has 0 saturated heterocycles. The van der Waals surface area contributed by atoms with Gasteiger partial charge >= 0.3 is 12.0 Å². The SMILES string of the molecule is C=CN(CCCC(=O)O)C(=O)NC(CC(C)(C)C)c1ccc(CCC(C)(C)C)c(Cl)c1. The van der Waals surface area contributed by atoms with Gasteiger partial charge in [-0.2, -0.15) is 0 Å². The lowest BCUT2D eigenvalue weighted by Crippen LogP contribution is -2.40. The first-order chi connectivity index (χ1) is 14.2. The second-order valence-corrected chi connectivity index (χ2v) is 11.0. The van der Waals surface area contributed by atoms with Gasteiger partial charge in [-0.05, 0) is 53.7 Å². The van der Waals surface area contributed by atoms with Crippen molar-refractivity contribution in [2.24, 2.45) is 10.8 Å². The number of aliphatic carboxylic acids is 1. The largest absolute Gasteiger partial charge is 0.481 e. The molecule has 0 saturated carbocycles. The summed E-state index contributed by atoms with van der Waals surface area (Å²) in [5, 5.41) is 12.6. The van der Waals surface area contributed by atoms with Crippen molar-refractivity contribution in [3.63, 3.8) is 0 Å². The van der Waals surface area contributed by atoms with Crippen LogP contribution in [-0.2, 0) is 11.2 Å². The molecule has 0 aromatic heterocycles. The summed E-state index contributed by atoms with van der Waals surface area (Å²) in [7, 11) is 0. The van der Waals surface area contributed by atoms with E-state index in [2.05, 4.69) is 59.5 Å². The second-order valence-electron chi connectivity index (χ2n) is 10.6. The fraction of sp³-hybridized carbons (Fsp3) is 0.600. The minimum Gasteiger partial charge on any atom is -0.481 e.